The van der Waals surface area contributed by atoms with Gasteiger partial charge in [-0.05, 0) is 43.7 Å². The summed E-state index contributed by atoms with van der Waals surface area (Å²) in [6.45, 7) is 3.82. The molecule has 0 saturated carbocycles. The molecule has 0 fully saturated rings. The van der Waals surface area contributed by atoms with E-state index in [-0.39, 0.29) is 5.91 Å². The standard InChI is InChI=1S/C23H20N4O2/c1-15-7-9-17(10-8-15)11-12-20-23(16(2)27-29-20)26-22(28)14-13-21-24-18-5-3-4-6-19(18)25-21/h3-14H,1-2H3,(H,24,25)(H,26,28)/b12-11+,14-13+. The van der Waals surface area contributed by atoms with Crippen molar-refractivity contribution in [1.82, 2.24) is 15.1 Å². The zero-order valence-electron chi connectivity index (χ0n) is 16.1. The second-order valence-corrected chi connectivity index (χ2v) is 6.71. The molecule has 6 nitrogen and oxygen atoms in total. The topological polar surface area (TPSA) is 83.8 Å². The number of aromatic nitrogens is 3. The molecule has 0 aliphatic rings. The Kier molecular flexibility index (Phi) is 5.07. The van der Waals surface area contributed by atoms with Gasteiger partial charge in [-0.1, -0.05) is 53.2 Å². The maximum atomic E-state index is 12.4. The van der Waals surface area contributed by atoms with E-state index in [1.54, 1.807) is 19.1 Å². The molecule has 2 N–H and O–H groups in total. The first-order chi connectivity index (χ1) is 14.1. The van der Waals surface area contributed by atoms with Crippen LogP contribution in [0.5, 0.6) is 0 Å². The van der Waals surface area contributed by atoms with Crippen LogP contribution in [0.15, 0.2) is 59.1 Å². The number of fused-ring (bicyclic) bond motifs is 1. The highest BCUT2D eigenvalue weighted by atomic mass is 16.5. The molecular formula is C23H20N4O2. The van der Waals surface area contributed by atoms with Crippen molar-refractivity contribution in [2.75, 3.05) is 5.32 Å². The number of anilines is 1. The third-order valence-corrected chi connectivity index (χ3v) is 4.44. The van der Waals surface area contributed by atoms with Gasteiger partial charge in [-0.15, -0.1) is 0 Å². The molecule has 0 aliphatic heterocycles. The number of imidazole rings is 1. The number of benzene rings is 2. The van der Waals surface area contributed by atoms with Gasteiger partial charge in [0.2, 0.25) is 5.91 Å². The highest BCUT2D eigenvalue weighted by Gasteiger charge is 2.12. The number of para-hydroxylation sites is 2. The summed E-state index contributed by atoms with van der Waals surface area (Å²) in [5.74, 6) is 0.818. The molecule has 2 heterocycles. The molecule has 0 aliphatic carbocycles. The molecule has 4 rings (SSSR count). The monoisotopic (exact) mass is 384 g/mol. The quantitative estimate of drug-likeness (QED) is 0.475. The Morgan fingerprint density at radius 2 is 1.83 bits per heavy atom. The SMILES string of the molecule is Cc1ccc(/C=C/c2onc(C)c2NC(=O)/C=C/c2nc3ccccc3[nH]2)cc1. The van der Waals surface area contributed by atoms with E-state index < -0.39 is 0 Å². The summed E-state index contributed by atoms with van der Waals surface area (Å²) in [7, 11) is 0. The number of nitrogens with zero attached hydrogens (tertiary/aromatic N) is 2. The zero-order chi connectivity index (χ0) is 20.2. The molecule has 2 aromatic carbocycles. The van der Waals surface area contributed by atoms with Crippen LogP contribution >= 0.6 is 0 Å². The molecule has 0 saturated heterocycles. The summed E-state index contributed by atoms with van der Waals surface area (Å²) in [6, 6.07) is 15.8. The maximum Gasteiger partial charge on any atom is 0.248 e. The van der Waals surface area contributed by atoms with Crippen molar-refractivity contribution in [3.8, 4) is 0 Å². The number of carbonyl (C=O) groups is 1. The Hall–Kier alpha value is -3.93. The average Bonchev–Trinajstić information content (AvgIpc) is 3.29. The molecule has 0 radical (unpaired) electrons. The molecule has 29 heavy (non-hydrogen) atoms. The smallest absolute Gasteiger partial charge is 0.248 e. The minimum absolute atomic E-state index is 0.290. The summed E-state index contributed by atoms with van der Waals surface area (Å²) in [6.07, 6.45) is 6.78. The summed E-state index contributed by atoms with van der Waals surface area (Å²) >= 11 is 0. The Bertz CT molecular complexity index is 1180. The molecule has 6 heteroatoms. The van der Waals surface area contributed by atoms with Gasteiger partial charge < -0.3 is 14.8 Å². The maximum absolute atomic E-state index is 12.4. The van der Waals surface area contributed by atoms with Crippen molar-refractivity contribution >= 4 is 40.9 Å². The van der Waals surface area contributed by atoms with E-state index in [1.165, 1.54) is 11.6 Å². The van der Waals surface area contributed by atoms with Crippen LogP contribution in [0.25, 0.3) is 29.3 Å². The average molecular weight is 384 g/mol. The third kappa shape index (κ3) is 4.32. The lowest BCUT2D eigenvalue weighted by Crippen LogP contribution is -2.09. The van der Waals surface area contributed by atoms with Crippen molar-refractivity contribution in [1.29, 1.82) is 0 Å². The highest BCUT2D eigenvalue weighted by Crippen LogP contribution is 2.23. The fourth-order valence-electron chi connectivity index (χ4n) is 2.87. The van der Waals surface area contributed by atoms with E-state index in [4.69, 9.17) is 4.52 Å². The van der Waals surface area contributed by atoms with Crippen LogP contribution in [0.2, 0.25) is 0 Å². The lowest BCUT2D eigenvalue weighted by atomic mass is 10.1. The first-order valence-electron chi connectivity index (χ1n) is 9.23. The van der Waals surface area contributed by atoms with Gasteiger partial charge in [0.15, 0.2) is 5.76 Å². The summed E-state index contributed by atoms with van der Waals surface area (Å²) in [4.78, 5) is 20.0. The van der Waals surface area contributed by atoms with Crippen LogP contribution in [0.1, 0.15) is 28.4 Å². The zero-order valence-corrected chi connectivity index (χ0v) is 16.1. The Morgan fingerprint density at radius 1 is 1.03 bits per heavy atom. The number of carbonyl (C=O) groups excluding carboxylic acids is 1. The summed E-state index contributed by atoms with van der Waals surface area (Å²) in [5, 5.41) is 6.79. The van der Waals surface area contributed by atoms with Gasteiger partial charge in [0.05, 0.1) is 11.0 Å². The number of hydrogen-bond acceptors (Lipinski definition) is 4. The lowest BCUT2D eigenvalue weighted by Gasteiger charge is -2.00. The molecule has 4 aromatic rings. The largest absolute Gasteiger partial charge is 0.354 e. The molecule has 0 spiro atoms. The molecular weight excluding hydrogens is 364 g/mol. The molecule has 0 unspecified atom stereocenters. The van der Waals surface area contributed by atoms with E-state index in [1.807, 2.05) is 61.5 Å². The second-order valence-electron chi connectivity index (χ2n) is 6.71. The number of nitrogens with one attached hydrogen (secondary N) is 2. The molecule has 0 atom stereocenters. The van der Waals surface area contributed by atoms with Crippen LogP contribution in [-0.2, 0) is 4.79 Å². The number of aryl methyl sites for hydroxylation is 2. The fraction of sp³-hybridized carbons (Fsp3) is 0.0870. The number of H-pyrrole nitrogens is 1. The fourth-order valence-corrected chi connectivity index (χ4v) is 2.87. The number of amides is 1. The van der Waals surface area contributed by atoms with Gasteiger partial charge in [-0.3, -0.25) is 4.79 Å². The number of hydrogen-bond donors (Lipinski definition) is 2. The number of rotatable bonds is 5. The molecule has 0 bridgehead atoms. The summed E-state index contributed by atoms with van der Waals surface area (Å²) < 4.78 is 5.35. The highest BCUT2D eigenvalue weighted by molar-refractivity contribution is 6.03. The van der Waals surface area contributed by atoms with Crippen molar-refractivity contribution < 1.29 is 9.32 Å². The third-order valence-electron chi connectivity index (χ3n) is 4.44. The van der Waals surface area contributed by atoms with Crippen LogP contribution in [0, 0.1) is 13.8 Å². The van der Waals surface area contributed by atoms with E-state index in [0.717, 1.165) is 16.6 Å². The molecule has 144 valence electrons. The van der Waals surface area contributed by atoms with E-state index in [2.05, 4.69) is 20.4 Å². The van der Waals surface area contributed by atoms with Crippen LogP contribution in [-0.4, -0.2) is 21.0 Å². The predicted octanol–water partition coefficient (Wildman–Crippen LogP) is 4.99. The minimum atomic E-state index is -0.290. The Balaban J connectivity index is 1.48. The van der Waals surface area contributed by atoms with Crippen LogP contribution in [0.3, 0.4) is 0 Å². The Morgan fingerprint density at radius 3 is 2.62 bits per heavy atom. The van der Waals surface area contributed by atoms with Gasteiger partial charge in [0.1, 0.15) is 17.2 Å². The van der Waals surface area contributed by atoms with Crippen LogP contribution < -0.4 is 5.32 Å². The normalized spacial score (nSPS) is 11.7. The van der Waals surface area contributed by atoms with Gasteiger partial charge in [0, 0.05) is 6.08 Å². The van der Waals surface area contributed by atoms with Gasteiger partial charge in [-0.2, -0.15) is 0 Å². The Labute approximate surface area is 168 Å². The van der Waals surface area contributed by atoms with Crippen molar-refractivity contribution in [3.05, 3.63) is 83.0 Å². The first-order valence-corrected chi connectivity index (χ1v) is 9.23. The first kappa shape index (κ1) is 18.4. The van der Waals surface area contributed by atoms with Crippen molar-refractivity contribution in [2.24, 2.45) is 0 Å². The lowest BCUT2D eigenvalue weighted by molar-refractivity contribution is -0.111. The van der Waals surface area contributed by atoms with Gasteiger partial charge >= 0.3 is 0 Å². The minimum Gasteiger partial charge on any atom is -0.354 e. The number of aromatic amines is 1. The van der Waals surface area contributed by atoms with E-state index in [0.29, 0.717) is 23.0 Å². The summed E-state index contributed by atoms with van der Waals surface area (Å²) in [5.41, 5.74) is 5.16. The molecule has 2 aromatic heterocycles. The van der Waals surface area contributed by atoms with Crippen molar-refractivity contribution in [2.45, 2.75) is 13.8 Å². The second kappa shape index (κ2) is 7.98. The van der Waals surface area contributed by atoms with Crippen molar-refractivity contribution in [3.63, 3.8) is 0 Å². The van der Waals surface area contributed by atoms with Gasteiger partial charge in [0.25, 0.3) is 0 Å². The van der Waals surface area contributed by atoms with E-state index >= 15 is 0 Å². The molecule has 1 amide bonds. The van der Waals surface area contributed by atoms with Crippen LogP contribution in [0.4, 0.5) is 5.69 Å². The van der Waals surface area contributed by atoms with E-state index in [9.17, 15) is 4.79 Å². The van der Waals surface area contributed by atoms with Gasteiger partial charge in [-0.25, -0.2) is 4.98 Å². The predicted molar refractivity (Wildman–Crippen MR) is 115 cm³/mol.